The monoisotopic (exact) mass is 280 g/mol. The van der Waals surface area contributed by atoms with Gasteiger partial charge in [-0.15, -0.1) is 0 Å². The first-order valence-electron chi connectivity index (χ1n) is 6.88. The van der Waals surface area contributed by atoms with E-state index in [0.717, 1.165) is 11.1 Å². The summed E-state index contributed by atoms with van der Waals surface area (Å²) in [5.41, 5.74) is 8.73. The summed E-state index contributed by atoms with van der Waals surface area (Å²) in [5.74, 6) is -0.438. The van der Waals surface area contributed by atoms with Crippen molar-refractivity contribution in [1.29, 1.82) is 0 Å². The average molecular weight is 280 g/mol. The van der Waals surface area contributed by atoms with Gasteiger partial charge in [-0.3, -0.25) is 14.5 Å². The van der Waals surface area contributed by atoms with E-state index in [1.54, 1.807) is 12.1 Å². The molecule has 2 aromatic carbocycles. The summed E-state index contributed by atoms with van der Waals surface area (Å²) in [5, 5.41) is 0. The Balaban J connectivity index is 2.02. The maximum atomic E-state index is 12.6. The van der Waals surface area contributed by atoms with E-state index in [9.17, 15) is 9.59 Å². The van der Waals surface area contributed by atoms with Crippen LogP contribution in [0.15, 0.2) is 48.5 Å². The number of carbonyl (C=O) groups excluding carboxylic acids is 2. The van der Waals surface area contributed by atoms with Crippen LogP contribution < -0.4 is 5.73 Å². The molecule has 0 saturated carbocycles. The number of para-hydroxylation sites is 1. The smallest absolute Gasteiger partial charge is 0.261 e. The molecule has 1 unspecified atom stereocenters. The largest absolute Gasteiger partial charge is 0.398 e. The van der Waals surface area contributed by atoms with E-state index in [1.165, 1.54) is 4.90 Å². The van der Waals surface area contributed by atoms with Crippen LogP contribution in [0.1, 0.15) is 34.5 Å². The molecule has 0 fully saturated rings. The number of amides is 2. The molecule has 2 amide bonds. The summed E-state index contributed by atoms with van der Waals surface area (Å²) in [6.45, 7) is 1.83. The maximum absolute atomic E-state index is 12.6. The molecule has 0 radical (unpaired) electrons. The summed E-state index contributed by atoms with van der Waals surface area (Å²) >= 11 is 0. The Morgan fingerprint density at radius 1 is 1.05 bits per heavy atom. The van der Waals surface area contributed by atoms with Gasteiger partial charge in [0, 0.05) is 11.3 Å². The van der Waals surface area contributed by atoms with Gasteiger partial charge in [-0.25, -0.2) is 0 Å². The average Bonchev–Trinajstić information content (AvgIpc) is 2.47. The Hall–Kier alpha value is -2.62. The van der Waals surface area contributed by atoms with E-state index in [0.29, 0.717) is 11.3 Å². The number of nitrogen functional groups attached to an aromatic ring is 1. The van der Waals surface area contributed by atoms with Crippen molar-refractivity contribution in [1.82, 2.24) is 4.90 Å². The number of hydrogen-bond donors (Lipinski definition) is 1. The summed E-state index contributed by atoms with van der Waals surface area (Å²) in [6.07, 6.45) is 0.249. The second kappa shape index (κ2) is 5.05. The highest BCUT2D eigenvalue weighted by Gasteiger charge is 2.34. The lowest BCUT2D eigenvalue weighted by molar-refractivity contribution is -0.130. The molecule has 0 aromatic heterocycles. The number of nitrogens with zero attached hydrogens (tertiary/aromatic N) is 1. The summed E-state index contributed by atoms with van der Waals surface area (Å²) in [4.78, 5) is 26.3. The number of imide groups is 1. The van der Waals surface area contributed by atoms with Gasteiger partial charge in [0.25, 0.3) is 5.91 Å². The van der Waals surface area contributed by atoms with Crippen LogP contribution >= 0.6 is 0 Å². The molecule has 2 aromatic rings. The van der Waals surface area contributed by atoms with Gasteiger partial charge < -0.3 is 5.73 Å². The number of fused-ring (bicyclic) bond motifs is 1. The first-order chi connectivity index (χ1) is 10.1. The predicted molar refractivity (Wildman–Crippen MR) is 80.6 cm³/mol. The fourth-order valence-electron chi connectivity index (χ4n) is 2.80. The first-order valence-corrected chi connectivity index (χ1v) is 6.88. The first kappa shape index (κ1) is 13.4. The van der Waals surface area contributed by atoms with E-state index in [1.807, 2.05) is 43.3 Å². The van der Waals surface area contributed by atoms with Crippen LogP contribution in [0.4, 0.5) is 5.69 Å². The zero-order valence-corrected chi connectivity index (χ0v) is 11.7. The Bertz CT molecular complexity index is 724. The number of hydrogen-bond acceptors (Lipinski definition) is 3. The molecule has 0 spiro atoms. The van der Waals surface area contributed by atoms with Gasteiger partial charge >= 0.3 is 0 Å². The minimum absolute atomic E-state index is 0.186. The standard InChI is InChI=1S/C17H16N2O2/c1-11(13-7-4-5-9-15(13)18)19-16(20)10-12-6-2-3-8-14(12)17(19)21/h2-9,11H,10,18H2,1H3. The Kier molecular flexibility index (Phi) is 3.22. The van der Waals surface area contributed by atoms with Crippen molar-refractivity contribution in [3.8, 4) is 0 Å². The van der Waals surface area contributed by atoms with Crippen molar-refractivity contribution >= 4 is 17.5 Å². The van der Waals surface area contributed by atoms with Gasteiger partial charge in [0.05, 0.1) is 12.5 Å². The summed E-state index contributed by atoms with van der Waals surface area (Å²) in [7, 11) is 0. The molecule has 1 aliphatic heterocycles. The highest BCUT2D eigenvalue weighted by Crippen LogP contribution is 2.30. The van der Waals surface area contributed by atoms with E-state index >= 15 is 0 Å². The number of rotatable bonds is 2. The third-order valence-corrected chi connectivity index (χ3v) is 3.91. The number of nitrogens with two attached hydrogens (primary N) is 1. The molecule has 0 saturated heterocycles. The summed E-state index contributed by atoms with van der Waals surface area (Å²) in [6, 6.07) is 14.2. The highest BCUT2D eigenvalue weighted by atomic mass is 16.2. The normalized spacial score (nSPS) is 15.8. The van der Waals surface area contributed by atoms with Crippen LogP contribution in [0.2, 0.25) is 0 Å². The second-order valence-electron chi connectivity index (χ2n) is 5.21. The number of benzene rings is 2. The molecule has 2 N–H and O–H groups in total. The molecule has 1 atom stereocenters. The van der Waals surface area contributed by atoms with Crippen LogP contribution in [0.3, 0.4) is 0 Å². The van der Waals surface area contributed by atoms with E-state index < -0.39 is 0 Å². The van der Waals surface area contributed by atoms with Crippen LogP contribution in [-0.2, 0) is 11.2 Å². The van der Waals surface area contributed by atoms with E-state index in [4.69, 9.17) is 5.73 Å². The molecule has 1 aliphatic rings. The van der Waals surface area contributed by atoms with Crippen molar-refractivity contribution in [2.75, 3.05) is 5.73 Å². The van der Waals surface area contributed by atoms with Crippen LogP contribution in [-0.4, -0.2) is 16.7 Å². The Labute approximate surface area is 123 Å². The maximum Gasteiger partial charge on any atom is 0.261 e. The quantitative estimate of drug-likeness (QED) is 0.679. The van der Waals surface area contributed by atoms with Gasteiger partial charge in [0.1, 0.15) is 0 Å². The molecule has 0 bridgehead atoms. The lowest BCUT2D eigenvalue weighted by Crippen LogP contribution is -2.43. The summed E-state index contributed by atoms with van der Waals surface area (Å²) < 4.78 is 0. The lowest BCUT2D eigenvalue weighted by atomic mass is 9.95. The fraction of sp³-hybridized carbons (Fsp3) is 0.176. The number of anilines is 1. The molecular weight excluding hydrogens is 264 g/mol. The number of carbonyl (C=O) groups is 2. The molecule has 4 heteroatoms. The third-order valence-electron chi connectivity index (χ3n) is 3.91. The predicted octanol–water partition coefficient (Wildman–Crippen LogP) is 2.55. The van der Waals surface area contributed by atoms with Crippen molar-refractivity contribution < 1.29 is 9.59 Å². The molecule has 3 rings (SSSR count). The second-order valence-corrected chi connectivity index (χ2v) is 5.21. The minimum atomic E-state index is -0.375. The van der Waals surface area contributed by atoms with Gasteiger partial charge in [-0.2, -0.15) is 0 Å². The van der Waals surface area contributed by atoms with Crippen molar-refractivity contribution in [3.05, 3.63) is 65.2 Å². The van der Waals surface area contributed by atoms with Crippen LogP contribution in [0, 0.1) is 0 Å². The van der Waals surface area contributed by atoms with Crippen molar-refractivity contribution in [2.45, 2.75) is 19.4 Å². The van der Waals surface area contributed by atoms with Gasteiger partial charge in [-0.05, 0) is 30.2 Å². The lowest BCUT2D eigenvalue weighted by Gasteiger charge is -2.32. The van der Waals surface area contributed by atoms with Crippen LogP contribution in [0.25, 0.3) is 0 Å². The molecule has 21 heavy (non-hydrogen) atoms. The van der Waals surface area contributed by atoms with Gasteiger partial charge in [-0.1, -0.05) is 36.4 Å². The van der Waals surface area contributed by atoms with Crippen molar-refractivity contribution in [2.24, 2.45) is 0 Å². The molecule has 4 nitrogen and oxygen atoms in total. The Morgan fingerprint density at radius 2 is 1.71 bits per heavy atom. The van der Waals surface area contributed by atoms with Gasteiger partial charge in [0.2, 0.25) is 5.91 Å². The molecule has 1 heterocycles. The van der Waals surface area contributed by atoms with Gasteiger partial charge in [0.15, 0.2) is 0 Å². The van der Waals surface area contributed by atoms with Crippen molar-refractivity contribution in [3.63, 3.8) is 0 Å². The molecular formula is C17H16N2O2. The minimum Gasteiger partial charge on any atom is -0.398 e. The zero-order chi connectivity index (χ0) is 15.0. The topological polar surface area (TPSA) is 63.4 Å². The molecule has 106 valence electrons. The molecule has 0 aliphatic carbocycles. The Morgan fingerprint density at radius 3 is 2.48 bits per heavy atom. The fourth-order valence-corrected chi connectivity index (χ4v) is 2.80. The third kappa shape index (κ3) is 2.18. The van der Waals surface area contributed by atoms with E-state index in [2.05, 4.69) is 0 Å². The highest BCUT2D eigenvalue weighted by molar-refractivity contribution is 6.10. The van der Waals surface area contributed by atoms with E-state index in [-0.39, 0.29) is 24.3 Å². The van der Waals surface area contributed by atoms with Crippen LogP contribution in [0.5, 0.6) is 0 Å². The SMILES string of the molecule is CC(c1ccccc1N)N1C(=O)Cc2ccccc2C1=O. The zero-order valence-electron chi connectivity index (χ0n) is 11.7.